The van der Waals surface area contributed by atoms with Crippen LogP contribution in [-0.2, 0) is 4.79 Å². The van der Waals surface area contributed by atoms with Crippen LogP contribution in [0, 0.1) is 0 Å². The number of carboxylic acids is 1. The first kappa shape index (κ1) is 12.4. The van der Waals surface area contributed by atoms with E-state index in [1.807, 2.05) is 0 Å². The summed E-state index contributed by atoms with van der Waals surface area (Å²) < 4.78 is 5.47. The fraction of sp³-hybridized carbons (Fsp3) is 0.385. The van der Waals surface area contributed by atoms with Crippen molar-refractivity contribution in [3.63, 3.8) is 0 Å². The van der Waals surface area contributed by atoms with E-state index in [-0.39, 0.29) is 5.78 Å². The fourth-order valence-electron chi connectivity index (χ4n) is 1.99. The first-order chi connectivity index (χ1) is 8.50. The van der Waals surface area contributed by atoms with Crippen LogP contribution in [0.5, 0.6) is 5.75 Å². The predicted octanol–water partition coefficient (Wildman–Crippen LogP) is 1.56. The van der Waals surface area contributed by atoms with Gasteiger partial charge in [0, 0.05) is 5.56 Å². The summed E-state index contributed by atoms with van der Waals surface area (Å²) in [6, 6.07) is 4.45. The molecular formula is C13H15NO4. The molecule has 0 aromatic heterocycles. The van der Waals surface area contributed by atoms with Gasteiger partial charge in [-0.15, -0.1) is 0 Å². The zero-order chi connectivity index (χ0) is 13.3. The zero-order valence-electron chi connectivity index (χ0n) is 10.3. The second kappa shape index (κ2) is 4.68. The Morgan fingerprint density at radius 2 is 2.17 bits per heavy atom. The molecule has 5 heteroatoms. The molecule has 5 nitrogen and oxygen atoms in total. The smallest absolute Gasteiger partial charge is 0.326 e. The minimum absolute atomic E-state index is 0.0497. The highest BCUT2D eigenvalue weighted by Crippen LogP contribution is 2.33. The van der Waals surface area contributed by atoms with E-state index in [9.17, 15) is 9.59 Å². The lowest BCUT2D eigenvalue weighted by Crippen LogP contribution is -2.43. The van der Waals surface area contributed by atoms with Gasteiger partial charge in [0.15, 0.2) is 5.78 Å². The summed E-state index contributed by atoms with van der Waals surface area (Å²) in [6.45, 7) is 4.06. The Morgan fingerprint density at radius 3 is 2.78 bits per heavy atom. The molecule has 0 aliphatic carbocycles. The third kappa shape index (κ3) is 2.16. The topological polar surface area (TPSA) is 66.8 Å². The molecule has 1 N–H and O–H groups in total. The fourth-order valence-corrected chi connectivity index (χ4v) is 1.99. The summed E-state index contributed by atoms with van der Waals surface area (Å²) in [5.74, 6) is -0.318. The third-order valence-corrected chi connectivity index (χ3v) is 3.09. The van der Waals surface area contributed by atoms with Gasteiger partial charge in [0.1, 0.15) is 18.4 Å². The average molecular weight is 249 g/mol. The lowest BCUT2D eigenvalue weighted by molar-refractivity contribution is -0.138. The number of hydrogen-bond acceptors (Lipinski definition) is 4. The molecule has 0 radical (unpaired) electrons. The highest BCUT2D eigenvalue weighted by atomic mass is 16.5. The normalized spacial score (nSPS) is 15.6. The first-order valence-corrected chi connectivity index (χ1v) is 5.78. The molecule has 96 valence electrons. The van der Waals surface area contributed by atoms with E-state index in [2.05, 4.69) is 0 Å². The number of hydrogen-bond donors (Lipinski definition) is 1. The maximum Gasteiger partial charge on any atom is 0.326 e. The van der Waals surface area contributed by atoms with Crippen LogP contribution in [-0.4, -0.2) is 36.1 Å². The Hall–Kier alpha value is -2.04. The van der Waals surface area contributed by atoms with Crippen LogP contribution >= 0.6 is 0 Å². The molecule has 0 bridgehead atoms. The number of ether oxygens (including phenoxy) is 1. The van der Waals surface area contributed by atoms with Gasteiger partial charge in [-0.05, 0) is 32.0 Å². The van der Waals surface area contributed by atoms with Crippen LogP contribution in [0.1, 0.15) is 24.2 Å². The van der Waals surface area contributed by atoms with Crippen molar-refractivity contribution < 1.29 is 19.4 Å². The molecule has 0 saturated carbocycles. The molecule has 1 aromatic rings. The van der Waals surface area contributed by atoms with Crippen LogP contribution in [0.3, 0.4) is 0 Å². The molecular weight excluding hydrogens is 234 g/mol. The molecule has 1 heterocycles. The van der Waals surface area contributed by atoms with Crippen molar-refractivity contribution in [2.75, 3.05) is 18.1 Å². The molecule has 18 heavy (non-hydrogen) atoms. The number of anilines is 1. The second-order valence-corrected chi connectivity index (χ2v) is 4.29. The van der Waals surface area contributed by atoms with Gasteiger partial charge in [0.25, 0.3) is 0 Å². The van der Waals surface area contributed by atoms with Crippen molar-refractivity contribution in [3.05, 3.63) is 23.8 Å². The van der Waals surface area contributed by atoms with Crippen molar-refractivity contribution in [2.45, 2.75) is 19.9 Å². The van der Waals surface area contributed by atoms with Gasteiger partial charge < -0.3 is 14.7 Å². The molecule has 1 atom stereocenters. The van der Waals surface area contributed by atoms with Gasteiger partial charge in [0.05, 0.1) is 12.2 Å². The number of ketones is 1. The molecule has 1 unspecified atom stereocenters. The Labute approximate surface area is 105 Å². The van der Waals surface area contributed by atoms with Crippen molar-refractivity contribution >= 4 is 17.4 Å². The lowest BCUT2D eigenvalue weighted by atomic mass is 10.1. The maximum absolute atomic E-state index is 11.4. The number of nitrogens with zero attached hydrogens (tertiary/aromatic N) is 1. The van der Waals surface area contributed by atoms with E-state index in [0.29, 0.717) is 30.2 Å². The highest BCUT2D eigenvalue weighted by molar-refractivity contribution is 5.95. The number of fused-ring (bicyclic) bond motifs is 1. The first-order valence-electron chi connectivity index (χ1n) is 5.78. The lowest BCUT2D eigenvalue weighted by Gasteiger charge is -2.34. The van der Waals surface area contributed by atoms with Crippen LogP contribution in [0.4, 0.5) is 5.69 Å². The average Bonchev–Trinajstić information content (AvgIpc) is 2.36. The molecule has 0 spiro atoms. The van der Waals surface area contributed by atoms with Gasteiger partial charge >= 0.3 is 5.97 Å². The molecule has 2 rings (SSSR count). The molecule has 1 aromatic carbocycles. The predicted molar refractivity (Wildman–Crippen MR) is 66.4 cm³/mol. The van der Waals surface area contributed by atoms with E-state index >= 15 is 0 Å². The Bertz CT molecular complexity index is 498. The monoisotopic (exact) mass is 249 g/mol. The van der Waals surface area contributed by atoms with E-state index in [4.69, 9.17) is 9.84 Å². The van der Waals surface area contributed by atoms with Gasteiger partial charge in [0.2, 0.25) is 0 Å². The molecule has 0 amide bonds. The maximum atomic E-state index is 11.4. The molecule has 1 aliphatic rings. The van der Waals surface area contributed by atoms with E-state index in [1.54, 1.807) is 30.0 Å². The van der Waals surface area contributed by atoms with Gasteiger partial charge in [-0.2, -0.15) is 0 Å². The summed E-state index contributed by atoms with van der Waals surface area (Å²) in [5, 5.41) is 9.09. The summed E-state index contributed by atoms with van der Waals surface area (Å²) in [5.41, 5.74) is 1.23. The summed E-state index contributed by atoms with van der Waals surface area (Å²) in [4.78, 5) is 24.2. The van der Waals surface area contributed by atoms with Gasteiger partial charge in [-0.3, -0.25) is 4.79 Å². The summed E-state index contributed by atoms with van der Waals surface area (Å²) >= 11 is 0. The minimum atomic E-state index is -0.893. The Balaban J connectivity index is 2.43. The van der Waals surface area contributed by atoms with Crippen molar-refractivity contribution in [2.24, 2.45) is 0 Å². The molecule has 1 aliphatic heterocycles. The van der Waals surface area contributed by atoms with Crippen LogP contribution in [0.25, 0.3) is 0 Å². The Kier molecular flexibility index (Phi) is 3.23. The minimum Gasteiger partial charge on any atom is -0.490 e. The standard InChI is InChI=1S/C13H15NO4/c1-8(13(16)17)14-5-6-18-12-4-3-10(9(2)15)7-11(12)14/h3-4,7-8H,5-6H2,1-2H3,(H,16,17). The molecule has 0 fully saturated rings. The number of carboxylic acid groups (broad SMARTS) is 1. The number of Topliss-reactive ketones (excluding diaryl/α,β-unsaturated/α-hetero) is 1. The number of rotatable bonds is 3. The Morgan fingerprint density at radius 1 is 1.44 bits per heavy atom. The van der Waals surface area contributed by atoms with E-state index in [1.165, 1.54) is 6.92 Å². The van der Waals surface area contributed by atoms with E-state index in [0.717, 1.165) is 0 Å². The number of carbonyl (C=O) groups is 2. The van der Waals surface area contributed by atoms with Crippen LogP contribution < -0.4 is 9.64 Å². The number of benzene rings is 1. The van der Waals surface area contributed by atoms with Crippen LogP contribution in [0.15, 0.2) is 18.2 Å². The van der Waals surface area contributed by atoms with Gasteiger partial charge in [-0.1, -0.05) is 0 Å². The van der Waals surface area contributed by atoms with Crippen molar-refractivity contribution in [3.8, 4) is 5.75 Å². The van der Waals surface area contributed by atoms with Crippen molar-refractivity contribution in [1.29, 1.82) is 0 Å². The largest absolute Gasteiger partial charge is 0.490 e. The molecule has 0 saturated heterocycles. The highest BCUT2D eigenvalue weighted by Gasteiger charge is 2.27. The second-order valence-electron chi connectivity index (χ2n) is 4.29. The number of aliphatic carboxylic acids is 1. The zero-order valence-corrected chi connectivity index (χ0v) is 10.3. The van der Waals surface area contributed by atoms with Crippen LogP contribution in [0.2, 0.25) is 0 Å². The SMILES string of the molecule is CC(=O)c1ccc2c(c1)N(C(C)C(=O)O)CCO2. The van der Waals surface area contributed by atoms with Gasteiger partial charge in [-0.25, -0.2) is 4.79 Å². The summed E-state index contributed by atoms with van der Waals surface area (Å²) in [7, 11) is 0. The van der Waals surface area contributed by atoms with Crippen molar-refractivity contribution in [1.82, 2.24) is 0 Å². The van der Waals surface area contributed by atoms with E-state index < -0.39 is 12.0 Å². The third-order valence-electron chi connectivity index (χ3n) is 3.09. The summed E-state index contributed by atoms with van der Waals surface area (Å²) in [6.07, 6.45) is 0. The quantitative estimate of drug-likeness (QED) is 0.823. The number of carbonyl (C=O) groups excluding carboxylic acids is 1.